The van der Waals surface area contributed by atoms with Crippen molar-refractivity contribution in [2.45, 2.75) is 38.2 Å². The summed E-state index contributed by atoms with van der Waals surface area (Å²) in [5, 5.41) is 28.4. The fourth-order valence-electron chi connectivity index (χ4n) is 5.59. The predicted octanol–water partition coefficient (Wildman–Crippen LogP) is 5.40. The number of nitriles is 1. The van der Waals surface area contributed by atoms with E-state index >= 15 is 0 Å². The Balaban J connectivity index is 1.26. The van der Waals surface area contributed by atoms with Crippen molar-refractivity contribution in [1.82, 2.24) is 14.5 Å². The third-order valence-corrected chi connectivity index (χ3v) is 7.73. The lowest BCUT2D eigenvalue weighted by Gasteiger charge is -2.16. The van der Waals surface area contributed by atoms with Crippen LogP contribution in [0.15, 0.2) is 72.8 Å². The molecule has 1 aliphatic rings. The number of methoxy groups -OCH3 is 1. The number of fused-ring (bicyclic) bond motifs is 2. The molecule has 212 valence electrons. The summed E-state index contributed by atoms with van der Waals surface area (Å²) in [4.78, 5) is 9.63. The molecule has 2 heterocycles. The van der Waals surface area contributed by atoms with Crippen molar-refractivity contribution in [3.05, 3.63) is 112 Å². The summed E-state index contributed by atoms with van der Waals surface area (Å²) in [6.45, 7) is 1.10. The van der Waals surface area contributed by atoms with Crippen LogP contribution in [0.25, 0.3) is 22.3 Å². The van der Waals surface area contributed by atoms with Crippen LogP contribution in [0, 0.1) is 17.1 Å². The van der Waals surface area contributed by atoms with Crippen LogP contribution < -0.4 is 4.74 Å². The lowest BCUT2D eigenvalue weighted by atomic mass is 9.98. The molecule has 5 aromatic rings. The molecule has 8 nitrogen and oxygen atoms in total. The minimum Gasteiger partial charge on any atom is -0.473 e. The number of hydrogen-bond acceptors (Lipinski definition) is 7. The maximum absolute atomic E-state index is 14.3. The minimum atomic E-state index is -1.55. The van der Waals surface area contributed by atoms with Gasteiger partial charge in [0.05, 0.1) is 35.0 Å². The number of hydrogen-bond donors (Lipinski definition) is 2. The van der Waals surface area contributed by atoms with Gasteiger partial charge in [-0.25, -0.2) is 14.4 Å². The van der Waals surface area contributed by atoms with Crippen molar-refractivity contribution >= 4 is 11.0 Å². The van der Waals surface area contributed by atoms with E-state index < -0.39 is 12.1 Å². The van der Waals surface area contributed by atoms with Crippen molar-refractivity contribution in [2.75, 3.05) is 13.7 Å². The zero-order valence-corrected chi connectivity index (χ0v) is 23.0. The van der Waals surface area contributed by atoms with Gasteiger partial charge in [-0.15, -0.1) is 0 Å². The maximum atomic E-state index is 14.3. The van der Waals surface area contributed by atoms with Crippen LogP contribution in [-0.4, -0.2) is 38.5 Å². The molecule has 0 amide bonds. The standard InChI is InChI=1S/C33H29FN4O4/c1-41-14-13-38-30-17-23(33(39)40)9-12-29(30)37-32(38)26-11-7-21-16-22(8-10-25(21)26)28-3-2-4-31(36-28)42-19-24-6-5-20(18-35)15-27(24)34/h2-6,8-10,12,15-17,26,33,39-40H,7,11,13-14,19H2,1H3. The minimum absolute atomic E-state index is 0.00267. The van der Waals surface area contributed by atoms with Crippen LogP contribution >= 0.6 is 0 Å². The fraction of sp³-hybridized carbons (Fsp3) is 0.242. The fourth-order valence-corrected chi connectivity index (χ4v) is 5.59. The molecular formula is C33H29FN4O4. The second-order valence-corrected chi connectivity index (χ2v) is 10.3. The van der Waals surface area contributed by atoms with Gasteiger partial charge in [0.15, 0.2) is 6.29 Å². The number of benzene rings is 3. The molecule has 9 heteroatoms. The molecule has 1 atom stereocenters. The van der Waals surface area contributed by atoms with E-state index in [2.05, 4.69) is 21.7 Å². The SMILES string of the molecule is COCCn1c(C2CCc3cc(-c4cccc(OCc5ccc(C#N)cc5F)n4)ccc32)nc2ccc(C(O)O)cc21. The van der Waals surface area contributed by atoms with Gasteiger partial charge in [0, 0.05) is 42.3 Å². The van der Waals surface area contributed by atoms with Gasteiger partial charge in [-0.2, -0.15) is 5.26 Å². The van der Waals surface area contributed by atoms with E-state index in [0.717, 1.165) is 41.0 Å². The smallest absolute Gasteiger partial charge is 0.214 e. The highest BCUT2D eigenvalue weighted by atomic mass is 19.1. The van der Waals surface area contributed by atoms with Crippen LogP contribution in [-0.2, 0) is 24.3 Å². The summed E-state index contributed by atoms with van der Waals surface area (Å²) >= 11 is 0. The Hall–Kier alpha value is -4.62. The lowest BCUT2D eigenvalue weighted by molar-refractivity contribution is -0.0424. The largest absolute Gasteiger partial charge is 0.473 e. The highest BCUT2D eigenvalue weighted by molar-refractivity contribution is 5.77. The van der Waals surface area contributed by atoms with Gasteiger partial charge < -0.3 is 24.3 Å². The zero-order chi connectivity index (χ0) is 29.2. The van der Waals surface area contributed by atoms with Crippen LogP contribution in [0.5, 0.6) is 5.88 Å². The van der Waals surface area contributed by atoms with E-state index in [4.69, 9.17) is 19.7 Å². The molecular weight excluding hydrogens is 535 g/mol. The predicted molar refractivity (Wildman–Crippen MR) is 154 cm³/mol. The topological polar surface area (TPSA) is 113 Å². The molecule has 1 aliphatic carbocycles. The third kappa shape index (κ3) is 5.35. The first-order chi connectivity index (χ1) is 20.4. The van der Waals surface area contributed by atoms with Crippen LogP contribution in [0.4, 0.5) is 4.39 Å². The molecule has 0 fully saturated rings. The number of ether oxygens (including phenoxy) is 2. The van der Waals surface area contributed by atoms with Crippen molar-refractivity contribution in [2.24, 2.45) is 0 Å². The first kappa shape index (κ1) is 27.5. The summed E-state index contributed by atoms with van der Waals surface area (Å²) in [5.74, 6) is 0.918. The van der Waals surface area contributed by atoms with E-state index in [1.165, 1.54) is 17.2 Å². The molecule has 0 spiro atoms. The molecule has 0 saturated carbocycles. The number of aliphatic hydroxyl groups excluding tert-OH is 1. The van der Waals surface area contributed by atoms with Crippen molar-refractivity contribution in [1.29, 1.82) is 5.26 Å². The summed E-state index contributed by atoms with van der Waals surface area (Å²) < 4.78 is 27.6. The summed E-state index contributed by atoms with van der Waals surface area (Å²) in [6, 6.07) is 23.4. The Bertz CT molecular complexity index is 1810. The quantitative estimate of drug-likeness (QED) is 0.231. The Labute approximate surface area is 242 Å². The van der Waals surface area contributed by atoms with Crippen LogP contribution in [0.2, 0.25) is 0 Å². The third-order valence-electron chi connectivity index (χ3n) is 7.73. The van der Waals surface area contributed by atoms with Crippen molar-refractivity contribution in [3.8, 4) is 23.2 Å². The molecule has 0 bridgehead atoms. The Kier molecular flexibility index (Phi) is 7.68. The molecule has 42 heavy (non-hydrogen) atoms. The Morgan fingerprint density at radius 3 is 2.74 bits per heavy atom. The average molecular weight is 565 g/mol. The average Bonchev–Trinajstić information content (AvgIpc) is 3.59. The van der Waals surface area contributed by atoms with Gasteiger partial charge in [-0.3, -0.25) is 0 Å². The van der Waals surface area contributed by atoms with Gasteiger partial charge in [0.1, 0.15) is 18.2 Å². The van der Waals surface area contributed by atoms with E-state index in [1.807, 2.05) is 30.3 Å². The number of aromatic nitrogens is 3. The van der Waals surface area contributed by atoms with E-state index in [1.54, 1.807) is 37.4 Å². The molecule has 0 radical (unpaired) electrons. The zero-order valence-electron chi connectivity index (χ0n) is 23.0. The highest BCUT2D eigenvalue weighted by Gasteiger charge is 2.29. The van der Waals surface area contributed by atoms with Gasteiger partial charge in [-0.05, 0) is 60.4 Å². The lowest BCUT2D eigenvalue weighted by Crippen LogP contribution is -2.12. The summed E-state index contributed by atoms with van der Waals surface area (Å²) in [7, 11) is 1.66. The van der Waals surface area contributed by atoms with Crippen LogP contribution in [0.3, 0.4) is 0 Å². The summed E-state index contributed by atoms with van der Waals surface area (Å²) in [5.41, 5.74) is 6.83. The summed E-state index contributed by atoms with van der Waals surface area (Å²) in [6.07, 6.45) is 0.233. The molecule has 3 aromatic carbocycles. The number of pyridine rings is 1. The molecule has 1 unspecified atom stereocenters. The second-order valence-electron chi connectivity index (χ2n) is 10.3. The number of imidazole rings is 1. The van der Waals surface area contributed by atoms with E-state index in [-0.39, 0.29) is 18.1 Å². The number of rotatable bonds is 9. The monoisotopic (exact) mass is 564 g/mol. The van der Waals surface area contributed by atoms with Crippen molar-refractivity contribution < 1.29 is 24.1 Å². The second kappa shape index (κ2) is 11.7. The number of aliphatic hydroxyl groups is 2. The van der Waals surface area contributed by atoms with Crippen LogP contribution in [0.1, 0.15) is 52.3 Å². The van der Waals surface area contributed by atoms with Gasteiger partial charge in [0.2, 0.25) is 5.88 Å². The first-order valence-corrected chi connectivity index (χ1v) is 13.7. The number of nitrogens with zero attached hydrogens (tertiary/aromatic N) is 4. The molecule has 0 saturated heterocycles. The highest BCUT2D eigenvalue weighted by Crippen LogP contribution is 2.40. The Morgan fingerprint density at radius 2 is 1.95 bits per heavy atom. The molecule has 2 aromatic heterocycles. The number of halogens is 1. The normalized spacial score (nSPS) is 14.3. The molecule has 0 aliphatic heterocycles. The van der Waals surface area contributed by atoms with Gasteiger partial charge >= 0.3 is 0 Å². The molecule has 2 N–H and O–H groups in total. The first-order valence-electron chi connectivity index (χ1n) is 13.7. The Morgan fingerprint density at radius 1 is 1.07 bits per heavy atom. The van der Waals surface area contributed by atoms with E-state index in [9.17, 15) is 14.6 Å². The van der Waals surface area contributed by atoms with E-state index in [0.29, 0.717) is 30.2 Å². The van der Waals surface area contributed by atoms with Gasteiger partial charge in [-0.1, -0.05) is 30.3 Å². The maximum Gasteiger partial charge on any atom is 0.214 e. The van der Waals surface area contributed by atoms with Crippen molar-refractivity contribution in [3.63, 3.8) is 0 Å². The molecule has 6 rings (SSSR count). The van der Waals surface area contributed by atoms with Gasteiger partial charge in [0.25, 0.3) is 0 Å². The number of aryl methyl sites for hydroxylation is 1.